The fourth-order valence-electron chi connectivity index (χ4n) is 4.59. The lowest BCUT2D eigenvalue weighted by molar-refractivity contribution is 0.0952. The molecule has 0 saturated carbocycles. The molecule has 1 amide bonds. The molecule has 4 rings (SSSR count). The van der Waals surface area contributed by atoms with Gasteiger partial charge in [-0.15, -0.1) is 6.58 Å². The molecule has 1 N–H and O–H groups in total. The van der Waals surface area contributed by atoms with Crippen LogP contribution in [-0.4, -0.2) is 42.8 Å². The minimum absolute atomic E-state index is 0.0809. The summed E-state index contributed by atoms with van der Waals surface area (Å²) in [5.41, 5.74) is 3.84. The van der Waals surface area contributed by atoms with Gasteiger partial charge in [0.2, 0.25) is 0 Å². The zero-order valence-electron chi connectivity index (χ0n) is 22.8. The SMILES string of the molecule is C=CCc1ccc(OCCn2c(CCCCCNC(=O)c3cccc(OC)c3)nc3ccccc32)c(OC)c1. The van der Waals surface area contributed by atoms with Gasteiger partial charge in [-0.25, -0.2) is 4.98 Å². The molecule has 0 fully saturated rings. The molecule has 0 bridgehead atoms. The fourth-order valence-corrected chi connectivity index (χ4v) is 4.59. The first-order valence-corrected chi connectivity index (χ1v) is 13.4. The first kappa shape index (κ1) is 27.8. The number of carbonyl (C=O) groups is 1. The van der Waals surface area contributed by atoms with Crippen molar-refractivity contribution >= 4 is 16.9 Å². The van der Waals surface area contributed by atoms with Crippen molar-refractivity contribution in [1.29, 1.82) is 0 Å². The Bertz CT molecular complexity index is 1400. The number of allylic oxidation sites excluding steroid dienone is 1. The Kier molecular flexibility index (Phi) is 10.0. The van der Waals surface area contributed by atoms with Crippen LogP contribution >= 0.6 is 0 Å². The van der Waals surface area contributed by atoms with Gasteiger partial charge in [-0.1, -0.05) is 36.8 Å². The van der Waals surface area contributed by atoms with Crippen LogP contribution in [0.4, 0.5) is 0 Å². The summed E-state index contributed by atoms with van der Waals surface area (Å²) in [4.78, 5) is 17.3. The number of rotatable bonds is 15. The minimum Gasteiger partial charge on any atom is -0.497 e. The Morgan fingerprint density at radius 1 is 0.974 bits per heavy atom. The monoisotopic (exact) mass is 527 g/mol. The van der Waals surface area contributed by atoms with Gasteiger partial charge in [0.1, 0.15) is 18.2 Å². The van der Waals surface area contributed by atoms with Crippen molar-refractivity contribution in [1.82, 2.24) is 14.9 Å². The van der Waals surface area contributed by atoms with Crippen molar-refractivity contribution in [2.45, 2.75) is 38.6 Å². The number of fused-ring (bicyclic) bond motifs is 1. The van der Waals surface area contributed by atoms with E-state index in [-0.39, 0.29) is 5.91 Å². The second-order valence-electron chi connectivity index (χ2n) is 9.29. The van der Waals surface area contributed by atoms with Crippen LogP contribution in [0.3, 0.4) is 0 Å². The van der Waals surface area contributed by atoms with E-state index in [9.17, 15) is 4.79 Å². The standard InChI is InChI=1S/C32H37N3O4/c1-4-11-24-17-18-29(30(22-24)38-3)39-21-20-35-28-15-8-7-14-27(28)34-31(35)16-6-5-9-19-33-32(36)25-12-10-13-26(23-25)37-2/h4,7-8,10,12-15,17-18,22-23H,1,5-6,9,11,16,19-21H2,2-3H3,(H,33,36). The summed E-state index contributed by atoms with van der Waals surface area (Å²) in [7, 11) is 3.25. The number of amides is 1. The van der Waals surface area contributed by atoms with Crippen LogP contribution in [0.5, 0.6) is 17.2 Å². The molecule has 0 atom stereocenters. The second-order valence-corrected chi connectivity index (χ2v) is 9.29. The van der Waals surface area contributed by atoms with Gasteiger partial charge in [-0.05, 0) is 67.3 Å². The molecule has 1 heterocycles. The molecule has 1 aromatic heterocycles. The summed E-state index contributed by atoms with van der Waals surface area (Å²) in [6, 6.07) is 21.4. The Morgan fingerprint density at radius 2 is 1.85 bits per heavy atom. The summed E-state index contributed by atoms with van der Waals surface area (Å²) < 4.78 is 19.1. The molecule has 4 aromatic rings. The zero-order valence-corrected chi connectivity index (χ0v) is 22.8. The summed E-state index contributed by atoms with van der Waals surface area (Å²) in [6.07, 6.45) is 6.40. The van der Waals surface area contributed by atoms with Gasteiger partial charge in [-0.2, -0.15) is 0 Å². The molecule has 0 radical (unpaired) electrons. The molecule has 0 aliphatic heterocycles. The molecule has 3 aromatic carbocycles. The summed E-state index contributed by atoms with van der Waals surface area (Å²) >= 11 is 0. The van der Waals surface area contributed by atoms with E-state index in [0.29, 0.717) is 31.0 Å². The predicted molar refractivity (Wildman–Crippen MR) is 155 cm³/mol. The van der Waals surface area contributed by atoms with E-state index in [4.69, 9.17) is 19.2 Å². The number of para-hydroxylation sites is 2. The first-order chi connectivity index (χ1) is 19.1. The number of hydrogen-bond acceptors (Lipinski definition) is 5. The first-order valence-electron chi connectivity index (χ1n) is 13.4. The number of methoxy groups -OCH3 is 2. The third-order valence-electron chi connectivity index (χ3n) is 6.61. The van der Waals surface area contributed by atoms with Crippen molar-refractivity contribution in [2.75, 3.05) is 27.4 Å². The lowest BCUT2D eigenvalue weighted by Crippen LogP contribution is -2.24. The highest BCUT2D eigenvalue weighted by atomic mass is 16.5. The van der Waals surface area contributed by atoms with E-state index in [1.165, 1.54) is 0 Å². The topological polar surface area (TPSA) is 74.6 Å². The van der Waals surface area contributed by atoms with E-state index in [1.807, 2.05) is 54.6 Å². The average molecular weight is 528 g/mol. The Labute approximate surface area is 230 Å². The molecule has 0 aliphatic carbocycles. The third-order valence-corrected chi connectivity index (χ3v) is 6.61. The van der Waals surface area contributed by atoms with E-state index < -0.39 is 0 Å². The maximum atomic E-state index is 12.4. The van der Waals surface area contributed by atoms with Crippen molar-refractivity contribution in [3.05, 3.63) is 96.3 Å². The largest absolute Gasteiger partial charge is 0.497 e. The number of unbranched alkanes of at least 4 members (excludes halogenated alkanes) is 2. The van der Waals surface area contributed by atoms with Crippen molar-refractivity contribution in [3.63, 3.8) is 0 Å². The highest BCUT2D eigenvalue weighted by molar-refractivity contribution is 5.94. The molecule has 0 unspecified atom stereocenters. The molecular weight excluding hydrogens is 490 g/mol. The quantitative estimate of drug-likeness (QED) is 0.152. The number of carbonyl (C=O) groups excluding carboxylic acids is 1. The van der Waals surface area contributed by atoms with Crippen LogP contribution in [0.15, 0.2) is 79.4 Å². The minimum atomic E-state index is -0.0809. The van der Waals surface area contributed by atoms with Crippen molar-refractivity contribution in [2.24, 2.45) is 0 Å². The summed E-state index contributed by atoms with van der Waals surface area (Å²) in [5.74, 6) is 3.10. The van der Waals surface area contributed by atoms with Crippen LogP contribution in [0.25, 0.3) is 11.0 Å². The van der Waals surface area contributed by atoms with Crippen LogP contribution < -0.4 is 19.5 Å². The van der Waals surface area contributed by atoms with Gasteiger partial charge in [0.15, 0.2) is 11.5 Å². The maximum absolute atomic E-state index is 12.4. The molecule has 7 nitrogen and oxygen atoms in total. The molecule has 0 saturated heterocycles. The van der Waals surface area contributed by atoms with Gasteiger partial charge in [0.25, 0.3) is 5.91 Å². The number of nitrogens with zero attached hydrogens (tertiary/aromatic N) is 2. The number of nitrogens with one attached hydrogen (secondary N) is 1. The number of imidazole rings is 1. The second kappa shape index (κ2) is 14.0. The summed E-state index contributed by atoms with van der Waals surface area (Å²) in [5, 5.41) is 3.00. The molecule has 7 heteroatoms. The highest BCUT2D eigenvalue weighted by Crippen LogP contribution is 2.28. The van der Waals surface area contributed by atoms with Gasteiger partial charge >= 0.3 is 0 Å². The van der Waals surface area contributed by atoms with Crippen molar-refractivity contribution in [3.8, 4) is 17.2 Å². The van der Waals surface area contributed by atoms with E-state index in [1.54, 1.807) is 26.4 Å². The highest BCUT2D eigenvalue weighted by Gasteiger charge is 2.12. The number of aromatic nitrogens is 2. The van der Waals surface area contributed by atoms with Gasteiger partial charge in [-0.3, -0.25) is 4.79 Å². The number of aryl methyl sites for hydroxylation is 1. The smallest absolute Gasteiger partial charge is 0.251 e. The maximum Gasteiger partial charge on any atom is 0.251 e. The number of ether oxygens (including phenoxy) is 3. The Morgan fingerprint density at radius 3 is 2.67 bits per heavy atom. The molecule has 0 spiro atoms. The van der Waals surface area contributed by atoms with E-state index >= 15 is 0 Å². The van der Waals surface area contributed by atoms with Gasteiger partial charge < -0.3 is 24.1 Å². The Hall–Kier alpha value is -4.26. The molecular formula is C32H37N3O4. The lowest BCUT2D eigenvalue weighted by atomic mass is 10.1. The molecule has 0 aliphatic rings. The predicted octanol–water partition coefficient (Wildman–Crippen LogP) is 6.00. The van der Waals surface area contributed by atoms with Gasteiger partial charge in [0.05, 0.1) is 31.8 Å². The van der Waals surface area contributed by atoms with E-state index in [0.717, 1.165) is 66.0 Å². The van der Waals surface area contributed by atoms with Crippen molar-refractivity contribution < 1.29 is 19.0 Å². The fraction of sp³-hybridized carbons (Fsp3) is 0.312. The van der Waals surface area contributed by atoms with E-state index in [2.05, 4.69) is 22.5 Å². The summed E-state index contributed by atoms with van der Waals surface area (Å²) in [6.45, 7) is 5.62. The van der Waals surface area contributed by atoms with Crippen LogP contribution in [0, 0.1) is 0 Å². The average Bonchev–Trinajstić information content (AvgIpc) is 3.32. The van der Waals surface area contributed by atoms with Gasteiger partial charge in [0, 0.05) is 18.5 Å². The lowest BCUT2D eigenvalue weighted by Gasteiger charge is -2.14. The molecule has 204 valence electrons. The Balaban J connectivity index is 1.29. The van der Waals surface area contributed by atoms with Crippen LogP contribution in [-0.2, 0) is 19.4 Å². The zero-order chi connectivity index (χ0) is 27.5. The molecule has 39 heavy (non-hydrogen) atoms. The number of benzene rings is 3. The number of hydrogen-bond donors (Lipinski definition) is 1. The van der Waals surface area contributed by atoms with Crippen LogP contribution in [0.2, 0.25) is 0 Å². The third kappa shape index (κ3) is 7.41. The normalized spacial score (nSPS) is 10.8. The van der Waals surface area contributed by atoms with Crippen LogP contribution in [0.1, 0.15) is 41.0 Å².